The summed E-state index contributed by atoms with van der Waals surface area (Å²) in [6.07, 6.45) is 6.39. The molecule has 1 amide bonds. The molecule has 1 heterocycles. The van der Waals surface area contributed by atoms with Gasteiger partial charge < -0.3 is 5.32 Å². The highest BCUT2D eigenvalue weighted by atomic mass is 16.1. The number of carbonyl (C=O) groups is 1. The fourth-order valence-electron chi connectivity index (χ4n) is 3.71. The molecule has 0 aromatic rings. The average Bonchev–Trinajstić information content (AvgIpc) is 2.67. The molecule has 2 heteroatoms. The van der Waals surface area contributed by atoms with Crippen LogP contribution in [0.25, 0.3) is 0 Å². The summed E-state index contributed by atoms with van der Waals surface area (Å²) in [6, 6.07) is 0. The van der Waals surface area contributed by atoms with Crippen LogP contribution in [0.15, 0.2) is 0 Å². The van der Waals surface area contributed by atoms with E-state index in [1.165, 1.54) is 25.7 Å². The second kappa shape index (κ2) is 2.04. The van der Waals surface area contributed by atoms with Gasteiger partial charge in [-0.1, -0.05) is 6.42 Å². The molecule has 3 unspecified atom stereocenters. The van der Waals surface area contributed by atoms with E-state index in [4.69, 9.17) is 0 Å². The third-order valence-corrected chi connectivity index (χ3v) is 4.25. The lowest BCUT2D eigenvalue weighted by atomic mass is 9.72. The molecule has 2 saturated carbocycles. The highest BCUT2D eigenvalue weighted by Gasteiger charge is 2.53. The molecule has 0 aromatic carbocycles. The van der Waals surface area contributed by atoms with Crippen LogP contribution in [0.1, 0.15) is 32.1 Å². The Balaban J connectivity index is 1.88. The van der Waals surface area contributed by atoms with Crippen LogP contribution in [0.2, 0.25) is 0 Å². The molecule has 2 bridgehead atoms. The Morgan fingerprint density at radius 2 is 2.33 bits per heavy atom. The summed E-state index contributed by atoms with van der Waals surface area (Å²) in [4.78, 5) is 11.2. The maximum absolute atomic E-state index is 11.2. The van der Waals surface area contributed by atoms with Crippen LogP contribution in [0.5, 0.6) is 0 Å². The first-order valence-electron chi connectivity index (χ1n) is 5.05. The van der Waals surface area contributed by atoms with E-state index in [0.717, 1.165) is 24.8 Å². The van der Waals surface area contributed by atoms with Gasteiger partial charge in [0.2, 0.25) is 5.91 Å². The first-order chi connectivity index (χ1) is 5.78. The summed E-state index contributed by atoms with van der Waals surface area (Å²) in [5.41, 5.74) is 0.417. The fourth-order valence-corrected chi connectivity index (χ4v) is 3.71. The van der Waals surface area contributed by atoms with Crippen molar-refractivity contribution in [2.75, 3.05) is 6.54 Å². The van der Waals surface area contributed by atoms with E-state index in [1.807, 2.05) is 0 Å². The predicted octanol–water partition coefficient (Wildman–Crippen LogP) is 1.31. The van der Waals surface area contributed by atoms with Gasteiger partial charge in [-0.25, -0.2) is 0 Å². The lowest BCUT2D eigenvalue weighted by Crippen LogP contribution is -2.29. The number of fused-ring (bicyclic) bond motifs is 3. The third-order valence-electron chi connectivity index (χ3n) is 4.25. The Morgan fingerprint density at radius 3 is 2.83 bits per heavy atom. The second-order valence-corrected chi connectivity index (χ2v) is 4.90. The number of nitrogens with one attached hydrogen (secondary N) is 1. The molecular formula is C10H15NO. The first-order valence-corrected chi connectivity index (χ1v) is 5.05. The van der Waals surface area contributed by atoms with Gasteiger partial charge >= 0.3 is 0 Å². The number of hydrogen-bond acceptors (Lipinski definition) is 1. The lowest BCUT2D eigenvalue weighted by molar-refractivity contribution is -0.119. The van der Waals surface area contributed by atoms with E-state index < -0.39 is 0 Å². The van der Waals surface area contributed by atoms with Crippen molar-refractivity contribution in [3.05, 3.63) is 0 Å². The van der Waals surface area contributed by atoms with Gasteiger partial charge in [0.25, 0.3) is 0 Å². The van der Waals surface area contributed by atoms with Crippen molar-refractivity contribution < 1.29 is 4.79 Å². The van der Waals surface area contributed by atoms with Crippen LogP contribution in [0.4, 0.5) is 0 Å². The number of carbonyl (C=O) groups excluding carboxylic acids is 1. The van der Waals surface area contributed by atoms with Crippen molar-refractivity contribution in [1.82, 2.24) is 5.32 Å². The maximum Gasteiger partial charge on any atom is 0.220 e. The van der Waals surface area contributed by atoms with Gasteiger partial charge in [-0.3, -0.25) is 4.79 Å². The zero-order chi connectivity index (χ0) is 8.18. The summed E-state index contributed by atoms with van der Waals surface area (Å²) in [5.74, 6) is 2.13. The van der Waals surface area contributed by atoms with E-state index in [1.54, 1.807) is 0 Å². The molecule has 2 nitrogen and oxygen atoms in total. The lowest BCUT2D eigenvalue weighted by Gasteiger charge is -2.31. The minimum Gasteiger partial charge on any atom is -0.356 e. The molecule has 2 aliphatic carbocycles. The van der Waals surface area contributed by atoms with E-state index >= 15 is 0 Å². The molecular weight excluding hydrogens is 150 g/mol. The number of hydrogen-bond donors (Lipinski definition) is 1. The fraction of sp³-hybridized carbons (Fsp3) is 0.900. The Bertz CT molecular complexity index is 238. The highest BCUT2D eigenvalue weighted by Crippen LogP contribution is 2.58. The minimum atomic E-state index is 0.294. The van der Waals surface area contributed by atoms with Crippen LogP contribution in [0, 0.1) is 17.3 Å². The van der Waals surface area contributed by atoms with Crippen LogP contribution >= 0.6 is 0 Å². The van der Waals surface area contributed by atoms with Gasteiger partial charge in [0.1, 0.15) is 0 Å². The van der Waals surface area contributed by atoms with E-state index in [2.05, 4.69) is 5.32 Å². The summed E-state index contributed by atoms with van der Waals surface area (Å²) in [6.45, 7) is 0.979. The van der Waals surface area contributed by atoms with Gasteiger partial charge in [0, 0.05) is 13.0 Å². The SMILES string of the molecule is O=C1CC2(CN1)CC1CCC2C1. The number of rotatable bonds is 0. The summed E-state index contributed by atoms with van der Waals surface area (Å²) >= 11 is 0. The highest BCUT2D eigenvalue weighted by molar-refractivity contribution is 5.79. The van der Waals surface area contributed by atoms with Crippen LogP contribution < -0.4 is 5.32 Å². The average molecular weight is 165 g/mol. The smallest absolute Gasteiger partial charge is 0.220 e. The minimum absolute atomic E-state index is 0.294. The van der Waals surface area contributed by atoms with Crippen LogP contribution in [0.3, 0.4) is 0 Å². The Labute approximate surface area is 72.7 Å². The normalized spacial score (nSPS) is 50.5. The van der Waals surface area contributed by atoms with Gasteiger partial charge in [-0.05, 0) is 36.5 Å². The maximum atomic E-state index is 11.2. The molecule has 3 rings (SSSR count). The van der Waals surface area contributed by atoms with Gasteiger partial charge in [0.15, 0.2) is 0 Å². The zero-order valence-electron chi connectivity index (χ0n) is 7.31. The van der Waals surface area contributed by atoms with Gasteiger partial charge in [0.05, 0.1) is 0 Å². The topological polar surface area (TPSA) is 29.1 Å². The first kappa shape index (κ1) is 6.93. The Morgan fingerprint density at radius 1 is 1.42 bits per heavy atom. The van der Waals surface area contributed by atoms with E-state index in [0.29, 0.717) is 11.3 Å². The molecule has 3 aliphatic rings. The van der Waals surface area contributed by atoms with Gasteiger partial charge in [-0.2, -0.15) is 0 Å². The third kappa shape index (κ3) is 0.732. The monoisotopic (exact) mass is 165 g/mol. The summed E-state index contributed by atoms with van der Waals surface area (Å²) in [7, 11) is 0. The zero-order valence-corrected chi connectivity index (χ0v) is 7.31. The molecule has 1 spiro atoms. The second-order valence-electron chi connectivity index (χ2n) is 4.90. The van der Waals surface area contributed by atoms with Crippen LogP contribution in [-0.4, -0.2) is 12.5 Å². The standard InChI is InChI=1S/C10H15NO/c12-9-5-10(6-11-9)4-7-1-2-8(10)3-7/h7-8H,1-6H2,(H,11,12). The molecule has 1 aliphatic heterocycles. The van der Waals surface area contributed by atoms with E-state index in [9.17, 15) is 4.79 Å². The van der Waals surface area contributed by atoms with Crippen molar-refractivity contribution in [3.8, 4) is 0 Å². The van der Waals surface area contributed by atoms with Crippen molar-refractivity contribution in [2.45, 2.75) is 32.1 Å². The largest absolute Gasteiger partial charge is 0.356 e. The summed E-state index contributed by atoms with van der Waals surface area (Å²) in [5, 5.41) is 3.00. The predicted molar refractivity (Wildman–Crippen MR) is 45.5 cm³/mol. The summed E-state index contributed by atoms with van der Waals surface area (Å²) < 4.78 is 0. The van der Waals surface area contributed by atoms with Gasteiger partial charge in [-0.15, -0.1) is 0 Å². The van der Waals surface area contributed by atoms with Crippen molar-refractivity contribution in [1.29, 1.82) is 0 Å². The van der Waals surface area contributed by atoms with E-state index in [-0.39, 0.29) is 0 Å². The quantitative estimate of drug-likeness (QED) is 0.576. The molecule has 3 fully saturated rings. The molecule has 3 atom stereocenters. The van der Waals surface area contributed by atoms with Crippen molar-refractivity contribution in [3.63, 3.8) is 0 Å². The van der Waals surface area contributed by atoms with Crippen molar-refractivity contribution >= 4 is 5.91 Å². The Hall–Kier alpha value is -0.530. The molecule has 0 aromatic heterocycles. The van der Waals surface area contributed by atoms with Crippen molar-refractivity contribution in [2.24, 2.45) is 17.3 Å². The van der Waals surface area contributed by atoms with Crippen LogP contribution in [-0.2, 0) is 4.79 Å². The molecule has 1 saturated heterocycles. The Kier molecular flexibility index (Phi) is 1.18. The molecule has 0 radical (unpaired) electrons. The molecule has 1 N–H and O–H groups in total. The molecule has 12 heavy (non-hydrogen) atoms. The molecule has 66 valence electrons. The number of amides is 1.